The molecule has 0 unspecified atom stereocenters. The first kappa shape index (κ1) is 15.7. The minimum absolute atomic E-state index is 0.119. The number of carbonyl (C=O) groups is 2. The average Bonchev–Trinajstić information content (AvgIpc) is 2.39. The number of hydrogen-bond donors (Lipinski definition) is 2. The van der Waals surface area contributed by atoms with Crippen LogP contribution in [0.15, 0.2) is 12.3 Å². The van der Waals surface area contributed by atoms with E-state index in [0.717, 1.165) is 0 Å². The second kappa shape index (κ2) is 7.32. The summed E-state index contributed by atoms with van der Waals surface area (Å²) >= 11 is 0. The van der Waals surface area contributed by atoms with Crippen LogP contribution in [0.4, 0.5) is 11.5 Å². The third-order valence-corrected chi connectivity index (χ3v) is 2.56. The first-order chi connectivity index (χ1) is 9.49. The number of hydrogen-bond acceptors (Lipinski definition) is 6. The first-order valence-electron chi connectivity index (χ1n) is 6.40. The molecule has 0 aliphatic heterocycles. The number of rotatable bonds is 6. The molecule has 3 N–H and O–H groups in total. The van der Waals surface area contributed by atoms with E-state index in [-0.39, 0.29) is 30.3 Å². The van der Waals surface area contributed by atoms with Crippen LogP contribution >= 0.6 is 0 Å². The zero-order valence-corrected chi connectivity index (χ0v) is 12.0. The van der Waals surface area contributed by atoms with Crippen LogP contribution in [0.1, 0.15) is 24.2 Å². The Kier molecular flexibility index (Phi) is 5.76. The molecule has 0 atom stereocenters. The molecule has 1 aromatic rings. The van der Waals surface area contributed by atoms with E-state index in [1.165, 1.54) is 12.3 Å². The molecule has 1 aromatic heterocycles. The Balaban J connectivity index is 2.88. The number of carbonyl (C=O) groups excluding carboxylic acids is 2. The zero-order valence-electron chi connectivity index (χ0n) is 12.0. The molecule has 7 heteroatoms. The molecule has 0 saturated carbocycles. The minimum atomic E-state index is -0.500. The molecule has 0 aliphatic carbocycles. The molecule has 0 aliphatic rings. The van der Waals surface area contributed by atoms with Crippen molar-refractivity contribution in [3.05, 3.63) is 17.8 Å². The van der Waals surface area contributed by atoms with Crippen molar-refractivity contribution in [1.29, 1.82) is 0 Å². The molecule has 1 amide bonds. The summed E-state index contributed by atoms with van der Waals surface area (Å²) in [6, 6.07) is 1.52. The van der Waals surface area contributed by atoms with Crippen molar-refractivity contribution < 1.29 is 14.3 Å². The standard InChI is InChI=1S/C13H20N4O3/c1-4-15-12(18)8-17(3)11-6-9(10(14)7-16-11)13(19)20-5-2/h6-7H,4-5,8,14H2,1-3H3,(H,15,18). The average molecular weight is 280 g/mol. The van der Waals surface area contributed by atoms with Crippen LogP contribution in [0.2, 0.25) is 0 Å². The normalized spacial score (nSPS) is 9.95. The van der Waals surface area contributed by atoms with E-state index in [4.69, 9.17) is 10.5 Å². The number of nitrogen functional groups attached to an aromatic ring is 1. The van der Waals surface area contributed by atoms with Crippen LogP contribution in [0.3, 0.4) is 0 Å². The minimum Gasteiger partial charge on any atom is -0.462 e. The zero-order chi connectivity index (χ0) is 15.1. The molecule has 7 nitrogen and oxygen atoms in total. The lowest BCUT2D eigenvalue weighted by molar-refractivity contribution is -0.119. The van der Waals surface area contributed by atoms with Crippen LogP contribution in [0.5, 0.6) is 0 Å². The quantitative estimate of drug-likeness (QED) is 0.733. The SMILES string of the molecule is CCNC(=O)CN(C)c1cc(C(=O)OCC)c(N)cn1. The van der Waals surface area contributed by atoms with E-state index in [0.29, 0.717) is 12.4 Å². The largest absolute Gasteiger partial charge is 0.462 e. The highest BCUT2D eigenvalue weighted by Gasteiger charge is 2.15. The fraction of sp³-hybridized carbons (Fsp3) is 0.462. The van der Waals surface area contributed by atoms with Gasteiger partial charge in [-0.1, -0.05) is 0 Å². The van der Waals surface area contributed by atoms with E-state index in [1.807, 2.05) is 6.92 Å². The molecule has 1 rings (SSSR count). The number of nitrogens with one attached hydrogen (secondary N) is 1. The van der Waals surface area contributed by atoms with Crippen molar-refractivity contribution in [1.82, 2.24) is 10.3 Å². The Bertz CT molecular complexity index is 491. The summed E-state index contributed by atoms with van der Waals surface area (Å²) in [6.07, 6.45) is 1.38. The first-order valence-corrected chi connectivity index (χ1v) is 6.40. The predicted molar refractivity (Wildman–Crippen MR) is 76.6 cm³/mol. The monoisotopic (exact) mass is 280 g/mol. The molecule has 110 valence electrons. The number of likely N-dealkylation sites (N-methyl/N-ethyl adjacent to an activating group) is 2. The van der Waals surface area contributed by atoms with Gasteiger partial charge >= 0.3 is 5.97 Å². The van der Waals surface area contributed by atoms with Gasteiger partial charge in [-0.15, -0.1) is 0 Å². The summed E-state index contributed by atoms with van der Waals surface area (Å²) in [5.74, 6) is -0.139. The molecule has 0 aromatic carbocycles. The number of anilines is 2. The highest BCUT2D eigenvalue weighted by atomic mass is 16.5. The van der Waals surface area contributed by atoms with Crippen molar-refractivity contribution in [2.75, 3.05) is 37.4 Å². The number of pyridine rings is 1. The van der Waals surface area contributed by atoms with Gasteiger partial charge in [0.1, 0.15) is 5.82 Å². The summed E-state index contributed by atoms with van der Waals surface area (Å²) in [6.45, 7) is 4.54. The molecule has 0 fully saturated rings. The lowest BCUT2D eigenvalue weighted by Gasteiger charge is -2.18. The fourth-order valence-corrected chi connectivity index (χ4v) is 1.60. The maximum absolute atomic E-state index is 11.7. The van der Waals surface area contributed by atoms with Crippen molar-refractivity contribution in [2.24, 2.45) is 0 Å². The van der Waals surface area contributed by atoms with Crippen LogP contribution in [-0.4, -0.2) is 43.6 Å². The number of amides is 1. The van der Waals surface area contributed by atoms with Crippen LogP contribution < -0.4 is 16.0 Å². The van der Waals surface area contributed by atoms with Gasteiger partial charge in [0.2, 0.25) is 5.91 Å². The van der Waals surface area contributed by atoms with Gasteiger partial charge in [-0.25, -0.2) is 9.78 Å². The van der Waals surface area contributed by atoms with Crippen LogP contribution in [0.25, 0.3) is 0 Å². The predicted octanol–water partition coefficient (Wildman–Crippen LogP) is 0.413. The highest BCUT2D eigenvalue weighted by molar-refractivity contribution is 5.95. The van der Waals surface area contributed by atoms with E-state index in [9.17, 15) is 9.59 Å². The molecular formula is C13H20N4O3. The Morgan fingerprint density at radius 1 is 1.45 bits per heavy atom. The lowest BCUT2D eigenvalue weighted by atomic mass is 10.2. The van der Waals surface area contributed by atoms with E-state index in [1.54, 1.807) is 18.9 Å². The third-order valence-electron chi connectivity index (χ3n) is 2.56. The number of nitrogens with zero attached hydrogens (tertiary/aromatic N) is 2. The smallest absolute Gasteiger partial charge is 0.340 e. The van der Waals surface area contributed by atoms with Gasteiger partial charge in [-0.2, -0.15) is 0 Å². The molecule has 20 heavy (non-hydrogen) atoms. The second-order valence-corrected chi connectivity index (χ2v) is 4.16. The number of esters is 1. The van der Waals surface area contributed by atoms with Crippen LogP contribution in [0, 0.1) is 0 Å². The number of nitrogens with two attached hydrogens (primary N) is 1. The van der Waals surface area contributed by atoms with Crippen LogP contribution in [-0.2, 0) is 9.53 Å². The Labute approximate surface area is 118 Å². The summed E-state index contributed by atoms with van der Waals surface area (Å²) in [4.78, 5) is 29.0. The van der Waals surface area contributed by atoms with Gasteiger partial charge in [0, 0.05) is 13.6 Å². The highest BCUT2D eigenvalue weighted by Crippen LogP contribution is 2.18. The fourth-order valence-electron chi connectivity index (χ4n) is 1.60. The van der Waals surface area contributed by atoms with Gasteiger partial charge < -0.3 is 20.7 Å². The lowest BCUT2D eigenvalue weighted by Crippen LogP contribution is -2.35. The molecule has 0 radical (unpaired) electrons. The summed E-state index contributed by atoms with van der Waals surface area (Å²) < 4.78 is 4.92. The van der Waals surface area contributed by atoms with Crippen molar-refractivity contribution in [3.63, 3.8) is 0 Å². The van der Waals surface area contributed by atoms with Gasteiger partial charge in [0.05, 0.1) is 30.6 Å². The molecule has 0 saturated heterocycles. The van der Waals surface area contributed by atoms with E-state index in [2.05, 4.69) is 10.3 Å². The van der Waals surface area contributed by atoms with Gasteiger partial charge in [0.25, 0.3) is 0 Å². The van der Waals surface area contributed by atoms with E-state index >= 15 is 0 Å². The molecule has 0 spiro atoms. The van der Waals surface area contributed by atoms with Crippen molar-refractivity contribution in [2.45, 2.75) is 13.8 Å². The Morgan fingerprint density at radius 2 is 2.15 bits per heavy atom. The number of ether oxygens (including phenoxy) is 1. The maximum atomic E-state index is 11.7. The summed E-state index contributed by atoms with van der Waals surface area (Å²) in [7, 11) is 1.71. The molecule has 1 heterocycles. The van der Waals surface area contributed by atoms with Gasteiger partial charge in [-0.3, -0.25) is 4.79 Å². The topological polar surface area (TPSA) is 97.5 Å². The van der Waals surface area contributed by atoms with Crippen molar-refractivity contribution >= 4 is 23.4 Å². The maximum Gasteiger partial charge on any atom is 0.340 e. The van der Waals surface area contributed by atoms with Crippen molar-refractivity contribution in [3.8, 4) is 0 Å². The molecule has 0 bridgehead atoms. The Morgan fingerprint density at radius 3 is 2.75 bits per heavy atom. The van der Waals surface area contributed by atoms with E-state index < -0.39 is 5.97 Å². The summed E-state index contributed by atoms with van der Waals surface area (Å²) in [5, 5.41) is 2.69. The third kappa shape index (κ3) is 4.11. The molecular weight excluding hydrogens is 260 g/mol. The second-order valence-electron chi connectivity index (χ2n) is 4.16. The van der Waals surface area contributed by atoms with Gasteiger partial charge in [-0.05, 0) is 19.9 Å². The Hall–Kier alpha value is -2.31. The number of aromatic nitrogens is 1. The van der Waals surface area contributed by atoms with Gasteiger partial charge in [0.15, 0.2) is 0 Å². The summed E-state index contributed by atoms with van der Waals surface area (Å²) in [5.41, 5.74) is 6.21.